The lowest BCUT2D eigenvalue weighted by Crippen LogP contribution is -2.18. The maximum Gasteiger partial charge on any atom is 0.274 e. The predicted molar refractivity (Wildman–Crippen MR) is 119 cm³/mol. The molecule has 1 amide bonds. The molecule has 0 heterocycles. The molecule has 28 heavy (non-hydrogen) atoms. The van der Waals surface area contributed by atoms with Crippen LogP contribution in [0.3, 0.4) is 0 Å². The molecule has 2 aliphatic carbocycles. The molecule has 1 aromatic rings. The molecule has 0 unspecified atom stereocenters. The Morgan fingerprint density at radius 2 is 1.36 bits per heavy atom. The van der Waals surface area contributed by atoms with Crippen molar-refractivity contribution in [2.24, 2.45) is 17.8 Å². The fourth-order valence-corrected chi connectivity index (χ4v) is 4.53. The summed E-state index contributed by atoms with van der Waals surface area (Å²) in [4.78, 5) is 10.7. The van der Waals surface area contributed by atoms with E-state index in [-0.39, 0.29) is 0 Å². The van der Waals surface area contributed by atoms with E-state index in [4.69, 9.17) is 5.21 Å². The molecule has 3 heteroatoms. The van der Waals surface area contributed by atoms with Crippen LogP contribution in [0.15, 0.2) is 30.3 Å². The van der Waals surface area contributed by atoms with E-state index in [0.29, 0.717) is 5.56 Å². The molecule has 2 aliphatic rings. The van der Waals surface area contributed by atoms with Crippen LogP contribution in [0.25, 0.3) is 0 Å². The van der Waals surface area contributed by atoms with Crippen LogP contribution in [0, 0.1) is 17.8 Å². The molecule has 1 aromatic carbocycles. The number of carbonyl (C=O) groups is 1. The summed E-state index contributed by atoms with van der Waals surface area (Å²) < 4.78 is 0. The molecular formula is C25H43NO2. The summed E-state index contributed by atoms with van der Waals surface area (Å²) in [6.45, 7) is 6.37. The summed E-state index contributed by atoms with van der Waals surface area (Å²) in [5.41, 5.74) is 1.99. The number of rotatable bonds is 5. The van der Waals surface area contributed by atoms with E-state index in [1.165, 1.54) is 38.5 Å². The fraction of sp³-hybridized carbons (Fsp3) is 0.720. The second kappa shape index (κ2) is 15.6. The van der Waals surface area contributed by atoms with Gasteiger partial charge in [0.1, 0.15) is 0 Å². The van der Waals surface area contributed by atoms with Gasteiger partial charge in [-0.2, -0.15) is 0 Å². The standard InChI is InChI=1S/C16H30.C7H7NO2.C2H6/c1-2-14-8-10-16(11-9-14)13-12-15-6-4-3-5-7-15;9-7(8-10)6-4-2-1-3-5-6;1-2/h14-16H,2-13H2,1H3;1-5,10H,(H,8,9);1-2H3. The Labute approximate surface area is 173 Å². The van der Waals surface area contributed by atoms with Gasteiger partial charge in [0.2, 0.25) is 0 Å². The van der Waals surface area contributed by atoms with Crippen molar-refractivity contribution >= 4 is 5.91 Å². The Balaban J connectivity index is 0.000000281. The number of benzene rings is 1. The zero-order chi connectivity index (χ0) is 20.6. The first-order chi connectivity index (χ1) is 13.7. The summed E-state index contributed by atoms with van der Waals surface area (Å²) in [7, 11) is 0. The summed E-state index contributed by atoms with van der Waals surface area (Å²) in [5, 5.41) is 8.19. The van der Waals surface area contributed by atoms with Crippen LogP contribution in [0.4, 0.5) is 0 Å². The molecule has 0 aliphatic heterocycles. The highest BCUT2D eigenvalue weighted by Crippen LogP contribution is 2.35. The first-order valence-electron chi connectivity index (χ1n) is 11.7. The van der Waals surface area contributed by atoms with Crippen molar-refractivity contribution in [2.75, 3.05) is 0 Å². The van der Waals surface area contributed by atoms with Crippen molar-refractivity contribution in [1.29, 1.82) is 0 Å². The zero-order valence-electron chi connectivity index (χ0n) is 18.5. The SMILES string of the molecule is CC.CCC1CCC(CCC2CCCCC2)CC1.O=C(NO)c1ccccc1. The van der Waals surface area contributed by atoms with E-state index in [1.54, 1.807) is 74.3 Å². The highest BCUT2D eigenvalue weighted by molar-refractivity contribution is 5.93. The molecule has 2 N–H and O–H groups in total. The predicted octanol–water partition coefficient (Wildman–Crippen LogP) is 7.40. The maximum atomic E-state index is 10.7. The van der Waals surface area contributed by atoms with Gasteiger partial charge < -0.3 is 0 Å². The highest BCUT2D eigenvalue weighted by Gasteiger charge is 2.21. The second-order valence-electron chi connectivity index (χ2n) is 8.18. The quantitative estimate of drug-likeness (QED) is 0.407. The smallest absolute Gasteiger partial charge is 0.274 e. The molecule has 3 rings (SSSR count). The highest BCUT2D eigenvalue weighted by atomic mass is 16.5. The summed E-state index contributed by atoms with van der Waals surface area (Å²) in [6.07, 6.45) is 18.3. The fourth-order valence-electron chi connectivity index (χ4n) is 4.53. The maximum absolute atomic E-state index is 10.7. The van der Waals surface area contributed by atoms with Crippen molar-refractivity contribution in [3.63, 3.8) is 0 Å². The molecule has 0 atom stereocenters. The van der Waals surface area contributed by atoms with Crippen LogP contribution in [0.1, 0.15) is 108 Å². The first-order valence-corrected chi connectivity index (χ1v) is 11.7. The molecule has 0 radical (unpaired) electrons. The number of hydrogen-bond acceptors (Lipinski definition) is 2. The summed E-state index contributed by atoms with van der Waals surface area (Å²) in [6, 6.07) is 8.49. The normalized spacial score (nSPS) is 22.1. The van der Waals surface area contributed by atoms with Crippen LogP contribution in [0.5, 0.6) is 0 Å². The van der Waals surface area contributed by atoms with Gasteiger partial charge in [0.25, 0.3) is 5.91 Å². The van der Waals surface area contributed by atoms with E-state index in [9.17, 15) is 4.79 Å². The van der Waals surface area contributed by atoms with Crippen LogP contribution in [0.2, 0.25) is 0 Å². The van der Waals surface area contributed by atoms with Gasteiger partial charge in [-0.25, -0.2) is 5.48 Å². The molecule has 2 fully saturated rings. The second-order valence-corrected chi connectivity index (χ2v) is 8.18. The Morgan fingerprint density at radius 3 is 1.86 bits per heavy atom. The molecule has 0 bridgehead atoms. The van der Waals surface area contributed by atoms with Crippen LogP contribution in [-0.2, 0) is 0 Å². The van der Waals surface area contributed by atoms with Crippen molar-refractivity contribution < 1.29 is 10.0 Å². The molecule has 0 spiro atoms. The van der Waals surface area contributed by atoms with Crippen molar-refractivity contribution in [2.45, 2.75) is 97.8 Å². The third kappa shape index (κ3) is 9.73. The van der Waals surface area contributed by atoms with Gasteiger partial charge >= 0.3 is 0 Å². The van der Waals surface area contributed by atoms with E-state index in [1.807, 2.05) is 13.8 Å². The Hall–Kier alpha value is -1.35. The minimum absolute atomic E-state index is 0.449. The summed E-state index contributed by atoms with van der Waals surface area (Å²) in [5.74, 6) is 2.80. The van der Waals surface area contributed by atoms with Gasteiger partial charge in [-0.3, -0.25) is 10.0 Å². The molecule has 0 aromatic heterocycles. The number of carbonyl (C=O) groups excluding carboxylic acids is 1. The number of hydrogen-bond donors (Lipinski definition) is 2. The third-order valence-corrected chi connectivity index (χ3v) is 6.39. The van der Waals surface area contributed by atoms with E-state index in [2.05, 4.69) is 6.92 Å². The lowest BCUT2D eigenvalue weighted by atomic mass is 9.76. The first kappa shape index (κ1) is 24.7. The van der Waals surface area contributed by atoms with E-state index >= 15 is 0 Å². The molecule has 3 nitrogen and oxygen atoms in total. The summed E-state index contributed by atoms with van der Waals surface area (Å²) >= 11 is 0. The Bertz CT molecular complexity index is 489. The van der Waals surface area contributed by atoms with E-state index in [0.717, 1.165) is 17.8 Å². The molecule has 0 saturated heterocycles. The average Bonchev–Trinajstić information content (AvgIpc) is 2.80. The largest absolute Gasteiger partial charge is 0.288 e. The van der Waals surface area contributed by atoms with Gasteiger partial charge in [-0.15, -0.1) is 0 Å². The van der Waals surface area contributed by atoms with E-state index < -0.39 is 5.91 Å². The zero-order valence-corrected chi connectivity index (χ0v) is 18.5. The number of hydroxylamine groups is 1. The van der Waals surface area contributed by atoms with Crippen LogP contribution >= 0.6 is 0 Å². The van der Waals surface area contributed by atoms with Gasteiger partial charge in [-0.05, 0) is 29.9 Å². The Morgan fingerprint density at radius 1 is 0.857 bits per heavy atom. The Kier molecular flexibility index (Phi) is 13.7. The monoisotopic (exact) mass is 389 g/mol. The van der Waals surface area contributed by atoms with Crippen LogP contribution < -0.4 is 5.48 Å². The third-order valence-electron chi connectivity index (χ3n) is 6.39. The van der Waals surface area contributed by atoms with Crippen LogP contribution in [-0.4, -0.2) is 11.1 Å². The average molecular weight is 390 g/mol. The van der Waals surface area contributed by atoms with Gasteiger partial charge in [0, 0.05) is 5.56 Å². The van der Waals surface area contributed by atoms with Crippen molar-refractivity contribution in [3.8, 4) is 0 Å². The molecule has 160 valence electrons. The minimum Gasteiger partial charge on any atom is -0.288 e. The minimum atomic E-state index is -0.486. The topological polar surface area (TPSA) is 49.3 Å². The van der Waals surface area contributed by atoms with Gasteiger partial charge in [0.05, 0.1) is 0 Å². The van der Waals surface area contributed by atoms with Crippen molar-refractivity contribution in [1.82, 2.24) is 5.48 Å². The van der Waals surface area contributed by atoms with Gasteiger partial charge in [0.15, 0.2) is 0 Å². The molecule has 2 saturated carbocycles. The molecular weight excluding hydrogens is 346 g/mol. The van der Waals surface area contributed by atoms with Gasteiger partial charge in [-0.1, -0.05) is 116 Å². The lowest BCUT2D eigenvalue weighted by molar-refractivity contribution is 0.0706. The number of nitrogens with one attached hydrogen (secondary N) is 1. The lowest BCUT2D eigenvalue weighted by Gasteiger charge is -2.29. The van der Waals surface area contributed by atoms with Crippen molar-refractivity contribution in [3.05, 3.63) is 35.9 Å². The number of amides is 1.